The number of aromatic amines is 1. The molecule has 8 heteroatoms. The molecule has 2 aliphatic rings. The quantitative estimate of drug-likeness (QED) is 0.585. The van der Waals surface area contributed by atoms with Crippen LogP contribution in [0.15, 0.2) is 24.3 Å². The number of likely N-dealkylation sites (tertiary alicyclic amines) is 1. The summed E-state index contributed by atoms with van der Waals surface area (Å²) < 4.78 is 5.21. The van der Waals surface area contributed by atoms with Gasteiger partial charge in [-0.1, -0.05) is 0 Å². The van der Waals surface area contributed by atoms with E-state index in [0.29, 0.717) is 23.9 Å². The van der Waals surface area contributed by atoms with E-state index in [4.69, 9.17) is 15.5 Å². The Morgan fingerprint density at radius 3 is 2.47 bits per heavy atom. The predicted octanol–water partition coefficient (Wildman–Crippen LogP) is 2.67. The van der Waals surface area contributed by atoms with Crippen LogP contribution in [0.3, 0.4) is 0 Å². The lowest BCUT2D eigenvalue weighted by atomic mass is 9.81. The molecule has 172 valence electrons. The highest BCUT2D eigenvalue weighted by molar-refractivity contribution is 5.97. The average Bonchev–Trinajstić information content (AvgIpc) is 3.48. The molecule has 2 amide bonds. The van der Waals surface area contributed by atoms with Gasteiger partial charge in [0.05, 0.1) is 13.7 Å². The fraction of sp³-hybridized carbons (Fsp3) is 0.542. The number of hydrogen-bond acceptors (Lipinski definition) is 5. The SMILES string of the molecule is COc1ccc(-c2nc(C3CCC(CNC(=O)CN4CCCC4)CC3)[nH]c2C(N)=O)cc1. The second kappa shape index (κ2) is 10.2. The van der Waals surface area contributed by atoms with Gasteiger partial charge in [0.1, 0.15) is 23.0 Å². The van der Waals surface area contributed by atoms with Crippen molar-refractivity contribution >= 4 is 11.8 Å². The van der Waals surface area contributed by atoms with Gasteiger partial charge in [-0.15, -0.1) is 0 Å². The number of H-pyrrole nitrogens is 1. The first-order valence-electron chi connectivity index (χ1n) is 11.6. The van der Waals surface area contributed by atoms with E-state index >= 15 is 0 Å². The minimum Gasteiger partial charge on any atom is -0.497 e. The molecule has 0 spiro atoms. The fourth-order valence-electron chi connectivity index (χ4n) is 4.82. The molecule has 2 fully saturated rings. The van der Waals surface area contributed by atoms with Crippen LogP contribution in [-0.2, 0) is 4.79 Å². The van der Waals surface area contributed by atoms with Crippen molar-refractivity contribution in [1.29, 1.82) is 0 Å². The van der Waals surface area contributed by atoms with Gasteiger partial charge in [-0.3, -0.25) is 14.5 Å². The molecule has 2 aromatic rings. The molecule has 1 aromatic carbocycles. The Hall–Kier alpha value is -2.87. The highest BCUT2D eigenvalue weighted by Gasteiger charge is 2.27. The Morgan fingerprint density at radius 1 is 1.16 bits per heavy atom. The van der Waals surface area contributed by atoms with Gasteiger partial charge in [0, 0.05) is 18.0 Å². The maximum Gasteiger partial charge on any atom is 0.267 e. The number of primary amides is 1. The number of nitrogens with two attached hydrogens (primary N) is 1. The summed E-state index contributed by atoms with van der Waals surface area (Å²) >= 11 is 0. The van der Waals surface area contributed by atoms with Crippen LogP contribution in [0.25, 0.3) is 11.3 Å². The highest BCUT2D eigenvalue weighted by atomic mass is 16.5. The van der Waals surface area contributed by atoms with Crippen molar-refractivity contribution in [2.45, 2.75) is 44.4 Å². The maximum atomic E-state index is 12.2. The molecule has 0 bridgehead atoms. The number of nitrogens with one attached hydrogen (secondary N) is 2. The smallest absolute Gasteiger partial charge is 0.267 e. The second-order valence-electron chi connectivity index (χ2n) is 8.94. The van der Waals surface area contributed by atoms with Crippen LogP contribution >= 0.6 is 0 Å². The number of hydrogen-bond donors (Lipinski definition) is 3. The highest BCUT2D eigenvalue weighted by Crippen LogP contribution is 2.36. The van der Waals surface area contributed by atoms with Crippen molar-refractivity contribution in [3.8, 4) is 17.0 Å². The third kappa shape index (κ3) is 5.30. The first kappa shape index (κ1) is 22.3. The van der Waals surface area contributed by atoms with Crippen LogP contribution in [0.1, 0.15) is 60.8 Å². The van der Waals surface area contributed by atoms with Gasteiger partial charge in [0.25, 0.3) is 5.91 Å². The van der Waals surface area contributed by atoms with E-state index in [9.17, 15) is 9.59 Å². The first-order chi connectivity index (χ1) is 15.5. The number of rotatable bonds is 8. The summed E-state index contributed by atoms with van der Waals surface area (Å²) in [6.07, 6.45) is 6.39. The summed E-state index contributed by atoms with van der Waals surface area (Å²) in [6, 6.07) is 7.45. The molecule has 1 aliphatic carbocycles. The lowest BCUT2D eigenvalue weighted by molar-refractivity contribution is -0.122. The maximum absolute atomic E-state index is 12.2. The molecule has 1 aromatic heterocycles. The Balaban J connectivity index is 1.33. The first-order valence-corrected chi connectivity index (χ1v) is 11.6. The third-order valence-corrected chi connectivity index (χ3v) is 6.72. The molecular formula is C24H33N5O3. The van der Waals surface area contributed by atoms with Crippen LogP contribution in [0.5, 0.6) is 5.75 Å². The molecule has 1 saturated heterocycles. The van der Waals surface area contributed by atoms with Crippen LogP contribution in [-0.4, -0.2) is 60.0 Å². The van der Waals surface area contributed by atoms with E-state index in [1.807, 2.05) is 24.3 Å². The number of nitrogens with zero attached hydrogens (tertiary/aromatic N) is 2. The molecule has 0 unspecified atom stereocenters. The van der Waals surface area contributed by atoms with Crippen molar-refractivity contribution in [3.63, 3.8) is 0 Å². The number of methoxy groups -OCH3 is 1. The second-order valence-corrected chi connectivity index (χ2v) is 8.94. The van der Waals surface area contributed by atoms with Gasteiger partial charge in [0.2, 0.25) is 5.91 Å². The van der Waals surface area contributed by atoms with Gasteiger partial charge in [0.15, 0.2) is 0 Å². The van der Waals surface area contributed by atoms with E-state index < -0.39 is 5.91 Å². The number of carbonyl (C=O) groups excluding carboxylic acids is 2. The van der Waals surface area contributed by atoms with E-state index in [1.165, 1.54) is 12.8 Å². The van der Waals surface area contributed by atoms with Crippen molar-refractivity contribution in [2.24, 2.45) is 11.7 Å². The minimum atomic E-state index is -0.510. The van der Waals surface area contributed by atoms with Crippen molar-refractivity contribution < 1.29 is 14.3 Å². The van der Waals surface area contributed by atoms with Crippen molar-refractivity contribution in [2.75, 3.05) is 33.3 Å². The van der Waals surface area contributed by atoms with Crippen LogP contribution in [0.4, 0.5) is 0 Å². The largest absolute Gasteiger partial charge is 0.497 e. The molecule has 32 heavy (non-hydrogen) atoms. The zero-order chi connectivity index (χ0) is 22.5. The van der Waals surface area contributed by atoms with E-state index in [1.54, 1.807) is 7.11 Å². The lowest BCUT2D eigenvalue weighted by Gasteiger charge is -2.27. The number of imidazole rings is 1. The molecule has 1 saturated carbocycles. The molecule has 2 heterocycles. The Labute approximate surface area is 188 Å². The van der Waals surface area contributed by atoms with Gasteiger partial charge in [-0.05, 0) is 81.8 Å². The minimum absolute atomic E-state index is 0.135. The molecular weight excluding hydrogens is 406 g/mol. The zero-order valence-corrected chi connectivity index (χ0v) is 18.7. The zero-order valence-electron chi connectivity index (χ0n) is 18.7. The summed E-state index contributed by atoms with van der Waals surface area (Å²) in [5.41, 5.74) is 7.39. The van der Waals surface area contributed by atoms with Crippen molar-refractivity contribution in [3.05, 3.63) is 35.8 Å². The summed E-state index contributed by atoms with van der Waals surface area (Å²) in [5, 5.41) is 3.12. The van der Waals surface area contributed by atoms with Crippen LogP contribution in [0.2, 0.25) is 0 Å². The Kier molecular flexibility index (Phi) is 7.09. The number of amides is 2. The summed E-state index contributed by atoms with van der Waals surface area (Å²) in [6.45, 7) is 3.33. The number of benzene rings is 1. The monoisotopic (exact) mass is 439 g/mol. The molecule has 4 rings (SSSR count). The predicted molar refractivity (Wildman–Crippen MR) is 122 cm³/mol. The van der Waals surface area contributed by atoms with Crippen LogP contribution in [0, 0.1) is 5.92 Å². The van der Waals surface area contributed by atoms with Crippen molar-refractivity contribution in [1.82, 2.24) is 20.2 Å². The topological polar surface area (TPSA) is 113 Å². The molecule has 0 radical (unpaired) electrons. The Morgan fingerprint density at radius 2 is 1.84 bits per heavy atom. The number of aromatic nitrogens is 2. The van der Waals surface area contributed by atoms with E-state index in [0.717, 1.165) is 62.5 Å². The summed E-state index contributed by atoms with van der Waals surface area (Å²) in [5.74, 6) is 1.94. The standard InChI is InChI=1S/C24H33N5O3/c1-32-19-10-8-17(9-11-19)21-22(23(25)31)28-24(27-21)18-6-4-16(5-7-18)14-26-20(30)15-29-12-2-3-13-29/h8-11,16,18H,2-7,12-15H2,1H3,(H2,25,31)(H,26,30)(H,27,28). The number of carbonyl (C=O) groups is 2. The van der Waals surface area contributed by atoms with Gasteiger partial charge in [-0.25, -0.2) is 4.98 Å². The van der Waals surface area contributed by atoms with Gasteiger partial charge >= 0.3 is 0 Å². The molecule has 0 atom stereocenters. The van der Waals surface area contributed by atoms with Gasteiger partial charge in [-0.2, -0.15) is 0 Å². The van der Waals surface area contributed by atoms with Gasteiger partial charge < -0.3 is 20.8 Å². The molecule has 4 N–H and O–H groups in total. The van der Waals surface area contributed by atoms with E-state index in [2.05, 4.69) is 15.2 Å². The molecule has 8 nitrogen and oxygen atoms in total. The molecule has 1 aliphatic heterocycles. The normalized spacial score (nSPS) is 21.4. The summed E-state index contributed by atoms with van der Waals surface area (Å²) in [4.78, 5) is 34.4. The van der Waals surface area contributed by atoms with E-state index in [-0.39, 0.29) is 11.8 Å². The van der Waals surface area contributed by atoms with Crippen LogP contribution < -0.4 is 15.8 Å². The lowest BCUT2D eigenvalue weighted by Crippen LogP contribution is -2.38. The number of ether oxygens (including phenoxy) is 1. The third-order valence-electron chi connectivity index (χ3n) is 6.72. The average molecular weight is 440 g/mol. The fourth-order valence-corrected chi connectivity index (χ4v) is 4.82. The Bertz CT molecular complexity index is 926. The summed E-state index contributed by atoms with van der Waals surface area (Å²) in [7, 11) is 1.62.